The van der Waals surface area contributed by atoms with E-state index in [2.05, 4.69) is 15.5 Å². The van der Waals surface area contributed by atoms with Crippen molar-refractivity contribution in [2.24, 2.45) is 5.92 Å². The van der Waals surface area contributed by atoms with E-state index in [-0.39, 0.29) is 23.0 Å². The molecule has 1 saturated heterocycles. The van der Waals surface area contributed by atoms with Crippen LogP contribution in [0.4, 0.5) is 17.1 Å². The Morgan fingerprint density at radius 2 is 1.26 bits per heavy atom. The molecule has 2 aliphatic heterocycles. The van der Waals surface area contributed by atoms with E-state index in [1.807, 2.05) is 16.7 Å². The highest BCUT2D eigenvalue weighted by molar-refractivity contribution is 6.09. The predicted octanol–water partition coefficient (Wildman–Crippen LogP) is 5.03. The minimum absolute atomic E-state index is 0.00594. The lowest BCUT2D eigenvalue weighted by Crippen LogP contribution is -2.47. The Labute approximate surface area is 289 Å². The number of nitrogens with zero attached hydrogens (tertiary/aromatic N) is 2. The van der Waals surface area contributed by atoms with Crippen molar-refractivity contribution in [1.82, 2.24) is 4.57 Å². The summed E-state index contributed by atoms with van der Waals surface area (Å²) in [5.41, 5.74) is 3.19. The number of rotatable bonds is 11. The van der Waals surface area contributed by atoms with Crippen molar-refractivity contribution in [3.05, 3.63) is 87.8 Å². The van der Waals surface area contributed by atoms with Crippen LogP contribution in [0.15, 0.2) is 65.5 Å². The number of anilines is 3. The number of carbonyl (C=O) groups excluding carboxylic acids is 2. The zero-order valence-electron chi connectivity index (χ0n) is 28.8. The second kappa shape index (κ2) is 14.3. The molecule has 13 heteroatoms. The second-order valence-corrected chi connectivity index (χ2v) is 12.1. The molecule has 2 N–H and O–H groups in total. The fourth-order valence-electron chi connectivity index (χ4n) is 6.91. The van der Waals surface area contributed by atoms with Crippen molar-refractivity contribution >= 4 is 28.9 Å². The Balaban J connectivity index is 1.36. The standard InChI is InChI=1S/C37H40N4O9/c1-45-29-14-23(15-30(46-2)34(29)49-5)37(44)39-26-13-22(36(43)38-25-16-31(47-3)35(50-6)32(17-25)48-4)10-11-28(26)40-18-21-12-24(20-40)27-8-7-9-33(42)41(27)19-21/h7-11,13-17,21,24H,12,18-20H2,1-6H3,(H,38,43)(H,39,44)/t21-,24+/m1/s1. The van der Waals surface area contributed by atoms with Gasteiger partial charge in [-0.25, -0.2) is 0 Å². The van der Waals surface area contributed by atoms with Crippen LogP contribution < -0.4 is 49.5 Å². The summed E-state index contributed by atoms with van der Waals surface area (Å²) in [6.07, 6.45) is 0.961. The fraction of sp³-hybridized carbons (Fsp3) is 0.324. The molecule has 0 aliphatic carbocycles. The molecule has 3 aromatic carbocycles. The number of nitrogens with one attached hydrogen (secondary N) is 2. The van der Waals surface area contributed by atoms with E-state index in [9.17, 15) is 14.4 Å². The number of hydrogen-bond acceptors (Lipinski definition) is 10. The topological polar surface area (TPSA) is 139 Å². The van der Waals surface area contributed by atoms with Gasteiger partial charge in [-0.2, -0.15) is 0 Å². The molecule has 0 spiro atoms. The molecule has 1 fully saturated rings. The van der Waals surface area contributed by atoms with Crippen molar-refractivity contribution in [2.45, 2.75) is 18.9 Å². The summed E-state index contributed by atoms with van der Waals surface area (Å²) in [6.45, 7) is 1.91. The van der Waals surface area contributed by atoms with Crippen LogP contribution in [0.1, 0.15) is 38.7 Å². The third-order valence-corrected chi connectivity index (χ3v) is 9.18. The fourth-order valence-corrected chi connectivity index (χ4v) is 6.91. The molecular formula is C37H40N4O9. The summed E-state index contributed by atoms with van der Waals surface area (Å²) >= 11 is 0. The molecule has 0 unspecified atom stereocenters. The lowest BCUT2D eigenvalue weighted by atomic mass is 9.83. The highest BCUT2D eigenvalue weighted by Gasteiger charge is 2.35. The molecule has 0 saturated carbocycles. The molecule has 3 heterocycles. The SMILES string of the molecule is COc1cc(NC(=O)c2ccc(N3C[C@H]4C[C@@H](C3)c3cccc(=O)n3C4)c(NC(=O)c3cc(OC)c(OC)c(OC)c3)c2)cc(OC)c1OC. The predicted molar refractivity (Wildman–Crippen MR) is 188 cm³/mol. The molecule has 50 heavy (non-hydrogen) atoms. The van der Waals surface area contributed by atoms with E-state index >= 15 is 0 Å². The van der Waals surface area contributed by atoms with E-state index < -0.39 is 11.8 Å². The first kappa shape index (κ1) is 34.0. The quantitative estimate of drug-likeness (QED) is 0.221. The van der Waals surface area contributed by atoms with Crippen molar-refractivity contribution in [3.8, 4) is 34.5 Å². The Morgan fingerprint density at radius 3 is 1.86 bits per heavy atom. The van der Waals surface area contributed by atoms with Crippen LogP contribution in [0.5, 0.6) is 34.5 Å². The maximum absolute atomic E-state index is 13.9. The van der Waals surface area contributed by atoms with Gasteiger partial charge in [0.2, 0.25) is 11.5 Å². The number of aromatic nitrogens is 1. The van der Waals surface area contributed by atoms with Gasteiger partial charge in [-0.1, -0.05) is 6.07 Å². The van der Waals surface area contributed by atoms with Gasteiger partial charge in [0.15, 0.2) is 23.0 Å². The molecule has 2 atom stereocenters. The van der Waals surface area contributed by atoms with Crippen LogP contribution >= 0.6 is 0 Å². The van der Waals surface area contributed by atoms with Crippen molar-refractivity contribution < 1.29 is 38.0 Å². The molecule has 1 aromatic heterocycles. The molecule has 13 nitrogen and oxygen atoms in total. The van der Waals surface area contributed by atoms with Gasteiger partial charge in [-0.3, -0.25) is 14.4 Å². The molecule has 2 amide bonds. The van der Waals surface area contributed by atoms with Crippen LogP contribution in [0.25, 0.3) is 0 Å². The van der Waals surface area contributed by atoms with Gasteiger partial charge < -0.3 is 48.5 Å². The Hall–Kier alpha value is -5.85. The molecule has 2 bridgehead atoms. The smallest absolute Gasteiger partial charge is 0.255 e. The number of methoxy groups -OCH3 is 6. The summed E-state index contributed by atoms with van der Waals surface area (Å²) in [6, 6.07) is 17.0. The number of ether oxygens (including phenoxy) is 6. The van der Waals surface area contributed by atoms with Gasteiger partial charge in [0.05, 0.1) is 54.0 Å². The number of carbonyl (C=O) groups is 2. The highest BCUT2D eigenvalue weighted by Crippen LogP contribution is 2.42. The lowest BCUT2D eigenvalue weighted by Gasteiger charge is -2.44. The maximum atomic E-state index is 13.9. The molecule has 4 aromatic rings. The normalized spacial score (nSPS) is 16.1. The maximum Gasteiger partial charge on any atom is 0.255 e. The average molecular weight is 685 g/mol. The summed E-state index contributed by atoms with van der Waals surface area (Å²) in [4.78, 5) is 42.5. The molecule has 2 aliphatic rings. The monoisotopic (exact) mass is 684 g/mol. The van der Waals surface area contributed by atoms with Crippen molar-refractivity contribution in [2.75, 3.05) is 71.3 Å². The largest absolute Gasteiger partial charge is 0.493 e. The summed E-state index contributed by atoms with van der Waals surface area (Å²) < 4.78 is 34.6. The van der Waals surface area contributed by atoms with Gasteiger partial charge >= 0.3 is 0 Å². The van der Waals surface area contributed by atoms with Crippen LogP contribution in [-0.2, 0) is 6.54 Å². The Morgan fingerprint density at radius 1 is 0.660 bits per heavy atom. The minimum atomic E-state index is -0.443. The summed E-state index contributed by atoms with van der Waals surface area (Å²) in [7, 11) is 8.94. The van der Waals surface area contributed by atoms with Crippen LogP contribution in [-0.4, -0.2) is 72.1 Å². The number of pyridine rings is 1. The third-order valence-electron chi connectivity index (χ3n) is 9.18. The minimum Gasteiger partial charge on any atom is -0.493 e. The van der Waals surface area contributed by atoms with E-state index in [1.165, 1.54) is 42.7 Å². The molecular weight excluding hydrogens is 644 g/mol. The Bertz CT molecular complexity index is 1940. The zero-order valence-corrected chi connectivity index (χ0v) is 28.8. The van der Waals surface area contributed by atoms with Gasteiger partial charge in [0.25, 0.3) is 17.4 Å². The van der Waals surface area contributed by atoms with Crippen LogP contribution in [0, 0.1) is 5.92 Å². The first-order valence-corrected chi connectivity index (χ1v) is 16.0. The van der Waals surface area contributed by atoms with Crippen molar-refractivity contribution in [1.29, 1.82) is 0 Å². The zero-order chi connectivity index (χ0) is 35.5. The van der Waals surface area contributed by atoms with Gasteiger partial charge in [0.1, 0.15) is 0 Å². The second-order valence-electron chi connectivity index (χ2n) is 12.1. The molecule has 262 valence electrons. The number of fused-ring (bicyclic) bond motifs is 4. The van der Waals surface area contributed by atoms with E-state index in [0.29, 0.717) is 71.1 Å². The third kappa shape index (κ3) is 6.46. The number of piperidine rings is 1. The van der Waals surface area contributed by atoms with Crippen LogP contribution in [0.3, 0.4) is 0 Å². The lowest BCUT2D eigenvalue weighted by molar-refractivity contribution is 0.101. The van der Waals surface area contributed by atoms with E-state index in [0.717, 1.165) is 17.8 Å². The molecule has 0 radical (unpaired) electrons. The number of benzene rings is 3. The van der Waals surface area contributed by atoms with Crippen LogP contribution in [0.2, 0.25) is 0 Å². The van der Waals surface area contributed by atoms with Gasteiger partial charge in [-0.05, 0) is 48.7 Å². The van der Waals surface area contributed by atoms with Gasteiger partial charge in [-0.15, -0.1) is 0 Å². The Kier molecular flexibility index (Phi) is 9.75. The van der Waals surface area contributed by atoms with Crippen molar-refractivity contribution in [3.63, 3.8) is 0 Å². The first-order chi connectivity index (χ1) is 24.2. The number of amides is 2. The first-order valence-electron chi connectivity index (χ1n) is 16.0. The summed E-state index contributed by atoms with van der Waals surface area (Å²) in [5.74, 6) is 1.66. The van der Waals surface area contributed by atoms with E-state index in [4.69, 9.17) is 28.4 Å². The average Bonchev–Trinajstić information content (AvgIpc) is 3.13. The van der Waals surface area contributed by atoms with Gasteiger partial charge in [0, 0.05) is 66.3 Å². The molecule has 6 rings (SSSR count). The highest BCUT2D eigenvalue weighted by atomic mass is 16.5. The summed E-state index contributed by atoms with van der Waals surface area (Å²) in [5, 5.41) is 5.95. The number of hydrogen-bond donors (Lipinski definition) is 2. The van der Waals surface area contributed by atoms with E-state index in [1.54, 1.807) is 48.5 Å².